The van der Waals surface area contributed by atoms with Crippen molar-refractivity contribution in [3.63, 3.8) is 0 Å². The molecule has 1 rings (SSSR count). The number of hydrogen-bond acceptors (Lipinski definition) is 6. The summed E-state index contributed by atoms with van der Waals surface area (Å²) in [7, 11) is 0. The second-order valence-electron chi connectivity index (χ2n) is 8.48. The van der Waals surface area contributed by atoms with E-state index in [0.29, 0.717) is 12.3 Å². The molecule has 1 aromatic carbocycles. The van der Waals surface area contributed by atoms with Crippen molar-refractivity contribution >= 4 is 23.8 Å². The highest BCUT2D eigenvalue weighted by molar-refractivity contribution is 7.99. The van der Waals surface area contributed by atoms with Crippen LogP contribution in [0.15, 0.2) is 29.2 Å². The monoisotopic (exact) mass is 396 g/mol. The van der Waals surface area contributed by atoms with Crippen molar-refractivity contribution < 1.29 is 19.2 Å². The van der Waals surface area contributed by atoms with Crippen molar-refractivity contribution in [2.45, 2.75) is 65.0 Å². The molecular weight excluding hydrogens is 364 g/mol. The van der Waals surface area contributed by atoms with Crippen molar-refractivity contribution in [3.05, 3.63) is 29.8 Å². The fraction of sp³-hybridized carbons (Fsp3) is 0.600. The van der Waals surface area contributed by atoms with Crippen LogP contribution in [0.3, 0.4) is 0 Å². The molecule has 1 amide bonds. The molecule has 0 fully saturated rings. The Bertz CT molecular complexity index is 618. The maximum Gasteiger partial charge on any atom is 0.443 e. The lowest BCUT2D eigenvalue weighted by Crippen LogP contribution is -2.40. The predicted molar refractivity (Wildman–Crippen MR) is 108 cm³/mol. The summed E-state index contributed by atoms with van der Waals surface area (Å²) in [6.07, 6.45) is -0.455. The molecule has 0 bridgehead atoms. The molecule has 0 saturated heterocycles. The van der Waals surface area contributed by atoms with Crippen LogP contribution in [0.25, 0.3) is 0 Å². The van der Waals surface area contributed by atoms with E-state index in [1.807, 2.05) is 45.0 Å². The van der Waals surface area contributed by atoms with Crippen molar-refractivity contribution in [3.8, 4) is 0 Å². The van der Waals surface area contributed by atoms with Gasteiger partial charge in [-0.25, -0.2) is 9.59 Å². The molecule has 0 radical (unpaired) electrons. The van der Waals surface area contributed by atoms with Crippen LogP contribution in [-0.4, -0.2) is 35.0 Å². The number of ether oxygens (including phenoxy) is 1. The van der Waals surface area contributed by atoms with E-state index in [1.54, 1.807) is 32.5 Å². The highest BCUT2D eigenvalue weighted by Gasteiger charge is 2.27. The largest absolute Gasteiger partial charge is 0.443 e. The van der Waals surface area contributed by atoms with E-state index in [9.17, 15) is 9.59 Å². The van der Waals surface area contributed by atoms with Gasteiger partial charge in [0.15, 0.2) is 0 Å². The van der Waals surface area contributed by atoms with E-state index < -0.39 is 17.7 Å². The lowest BCUT2D eigenvalue weighted by molar-refractivity contribution is -0.185. The SMILES string of the molecule is CC(C)(C)CC(=O)ON(CCSc1ccc(CN)cc1)C(=O)OC(C)(C)C. The van der Waals surface area contributed by atoms with E-state index in [2.05, 4.69) is 0 Å². The topological polar surface area (TPSA) is 81.9 Å². The molecule has 0 aliphatic rings. The van der Waals surface area contributed by atoms with Crippen molar-refractivity contribution in [1.29, 1.82) is 0 Å². The number of benzene rings is 1. The standard InChI is InChI=1S/C20H32N2O4S/c1-19(2,3)13-17(23)26-22(18(24)25-20(4,5)6)11-12-27-16-9-7-15(14-21)8-10-16/h7-10H,11-14,21H2,1-6H3. The second-order valence-corrected chi connectivity index (χ2v) is 9.65. The minimum absolute atomic E-state index is 0.208. The minimum atomic E-state index is -0.670. The maximum atomic E-state index is 12.4. The lowest BCUT2D eigenvalue weighted by atomic mass is 9.93. The van der Waals surface area contributed by atoms with E-state index in [1.165, 1.54) is 0 Å². The number of carbonyl (C=O) groups is 2. The average Bonchev–Trinajstić information content (AvgIpc) is 2.51. The first kappa shape index (κ1) is 23.3. The molecule has 27 heavy (non-hydrogen) atoms. The van der Waals surface area contributed by atoms with Crippen molar-refractivity contribution in [1.82, 2.24) is 5.06 Å². The average molecular weight is 397 g/mol. The quantitative estimate of drug-likeness (QED) is 0.568. The highest BCUT2D eigenvalue weighted by Crippen LogP contribution is 2.21. The number of amides is 1. The van der Waals surface area contributed by atoms with Gasteiger partial charge in [-0.1, -0.05) is 32.9 Å². The lowest BCUT2D eigenvalue weighted by Gasteiger charge is -2.27. The number of nitrogens with two attached hydrogens (primary N) is 1. The van der Waals surface area contributed by atoms with Gasteiger partial charge in [0, 0.05) is 17.2 Å². The van der Waals surface area contributed by atoms with Crippen LogP contribution >= 0.6 is 11.8 Å². The minimum Gasteiger partial charge on any atom is -0.442 e. The Morgan fingerprint density at radius 2 is 1.67 bits per heavy atom. The van der Waals surface area contributed by atoms with Gasteiger partial charge < -0.3 is 15.3 Å². The number of hydroxylamine groups is 2. The molecule has 2 N–H and O–H groups in total. The summed E-state index contributed by atoms with van der Waals surface area (Å²) in [4.78, 5) is 30.9. The summed E-state index contributed by atoms with van der Waals surface area (Å²) in [5.41, 5.74) is 5.77. The van der Waals surface area contributed by atoms with Crippen molar-refractivity contribution in [2.24, 2.45) is 11.1 Å². The zero-order chi connectivity index (χ0) is 20.7. The molecule has 6 nitrogen and oxygen atoms in total. The molecule has 0 spiro atoms. The summed E-state index contributed by atoms with van der Waals surface area (Å²) >= 11 is 1.56. The zero-order valence-corrected chi connectivity index (χ0v) is 18.0. The Morgan fingerprint density at radius 1 is 1.07 bits per heavy atom. The van der Waals surface area contributed by atoms with E-state index in [-0.39, 0.29) is 18.4 Å². The van der Waals surface area contributed by atoms with Gasteiger partial charge in [-0.2, -0.15) is 0 Å². The van der Waals surface area contributed by atoms with Gasteiger partial charge in [-0.15, -0.1) is 16.8 Å². The molecule has 152 valence electrons. The van der Waals surface area contributed by atoms with Gasteiger partial charge in [0.2, 0.25) is 0 Å². The Kier molecular flexibility index (Phi) is 8.62. The van der Waals surface area contributed by atoms with Gasteiger partial charge in [-0.3, -0.25) is 0 Å². The third-order valence-electron chi connectivity index (χ3n) is 3.21. The number of thioether (sulfide) groups is 1. The highest BCUT2D eigenvalue weighted by atomic mass is 32.2. The Labute approximate surface area is 166 Å². The first-order valence-corrected chi connectivity index (χ1v) is 10.0. The third kappa shape index (κ3) is 10.2. The zero-order valence-electron chi connectivity index (χ0n) is 17.2. The van der Waals surface area contributed by atoms with Crippen LogP contribution in [0.5, 0.6) is 0 Å². The second kappa shape index (κ2) is 9.99. The molecule has 0 atom stereocenters. The van der Waals surface area contributed by atoms with Gasteiger partial charge >= 0.3 is 12.1 Å². The van der Waals surface area contributed by atoms with Crippen LogP contribution < -0.4 is 5.73 Å². The fourth-order valence-corrected chi connectivity index (χ4v) is 2.86. The smallest absolute Gasteiger partial charge is 0.442 e. The van der Waals surface area contributed by atoms with Crippen LogP contribution in [0.1, 0.15) is 53.5 Å². The van der Waals surface area contributed by atoms with Crippen LogP contribution in [0.2, 0.25) is 0 Å². The van der Waals surface area contributed by atoms with Crippen LogP contribution in [0.4, 0.5) is 4.79 Å². The normalized spacial score (nSPS) is 11.8. The number of nitrogens with zero attached hydrogens (tertiary/aromatic N) is 1. The van der Waals surface area contributed by atoms with Crippen LogP contribution in [-0.2, 0) is 20.9 Å². The first-order valence-electron chi connectivity index (χ1n) is 9.03. The number of rotatable bonds is 6. The maximum absolute atomic E-state index is 12.4. The first-order chi connectivity index (χ1) is 12.4. The van der Waals surface area contributed by atoms with Gasteiger partial charge in [0.25, 0.3) is 0 Å². The molecule has 7 heteroatoms. The summed E-state index contributed by atoms with van der Waals surface area (Å²) in [6.45, 7) is 11.9. The summed E-state index contributed by atoms with van der Waals surface area (Å²) in [6, 6.07) is 7.90. The summed E-state index contributed by atoms with van der Waals surface area (Å²) in [5.74, 6) is 0.106. The predicted octanol–water partition coefficient (Wildman–Crippen LogP) is 4.37. The molecule has 0 unspecified atom stereocenters. The Morgan fingerprint density at radius 3 is 2.15 bits per heavy atom. The van der Waals surface area contributed by atoms with Gasteiger partial charge in [0.1, 0.15) is 5.60 Å². The molecule has 1 aromatic rings. The van der Waals surface area contributed by atoms with E-state index in [4.69, 9.17) is 15.3 Å². The van der Waals surface area contributed by atoms with Crippen molar-refractivity contribution in [2.75, 3.05) is 12.3 Å². The van der Waals surface area contributed by atoms with Gasteiger partial charge in [0.05, 0.1) is 13.0 Å². The Hall–Kier alpha value is -1.73. The molecule has 0 aliphatic carbocycles. The molecule has 0 saturated carbocycles. The van der Waals surface area contributed by atoms with E-state index >= 15 is 0 Å². The molecular formula is C20H32N2O4S. The van der Waals surface area contributed by atoms with E-state index in [0.717, 1.165) is 15.5 Å². The Balaban J connectivity index is 2.68. The van der Waals surface area contributed by atoms with Gasteiger partial charge in [-0.05, 0) is 43.9 Å². The molecule has 0 heterocycles. The van der Waals surface area contributed by atoms with Crippen LogP contribution in [0, 0.1) is 5.41 Å². The third-order valence-corrected chi connectivity index (χ3v) is 4.20. The molecule has 0 aliphatic heterocycles. The summed E-state index contributed by atoms with van der Waals surface area (Å²) in [5, 5.41) is 1.01. The number of hydrogen-bond donors (Lipinski definition) is 1. The molecule has 0 aromatic heterocycles. The summed E-state index contributed by atoms with van der Waals surface area (Å²) < 4.78 is 5.35. The fourth-order valence-electron chi connectivity index (χ4n) is 2.04. The number of carbonyl (C=O) groups excluding carboxylic acids is 2.